The van der Waals surface area contributed by atoms with Crippen LogP contribution in [0.4, 0.5) is 0 Å². The van der Waals surface area contributed by atoms with Gasteiger partial charge in [0.2, 0.25) is 5.79 Å². The molecule has 424 valence electrons. The van der Waals surface area contributed by atoms with E-state index in [9.17, 15) is 25.2 Å². The average molecular weight is 1060 g/mol. The van der Waals surface area contributed by atoms with Crippen LogP contribution in [0.25, 0.3) is 17.0 Å². The van der Waals surface area contributed by atoms with Gasteiger partial charge in [-0.3, -0.25) is 9.78 Å². The number of likely N-dealkylation sites (N-methyl/N-ethyl adjacent to an activating group) is 1. The van der Waals surface area contributed by atoms with Gasteiger partial charge in [-0.2, -0.15) is 0 Å². The fraction of sp³-hybridized carbons (Fsp3) is 0.776. The number of aromatic nitrogens is 1. The van der Waals surface area contributed by atoms with E-state index in [-0.39, 0.29) is 44.1 Å². The molecule has 1 saturated carbocycles. The third-order valence-corrected chi connectivity index (χ3v) is 16.7. The largest absolute Gasteiger partial charge is 0.459 e. The Morgan fingerprint density at radius 1 is 0.920 bits per heavy atom. The van der Waals surface area contributed by atoms with Crippen LogP contribution in [0.1, 0.15) is 146 Å². The van der Waals surface area contributed by atoms with Crippen molar-refractivity contribution in [2.75, 3.05) is 27.8 Å². The number of pyridine rings is 1. The summed E-state index contributed by atoms with van der Waals surface area (Å²) >= 11 is 0. The van der Waals surface area contributed by atoms with E-state index < -0.39 is 108 Å². The zero-order chi connectivity index (χ0) is 55.2. The summed E-state index contributed by atoms with van der Waals surface area (Å²) in [5, 5.41) is 54.4. The smallest absolute Gasteiger partial charge is 0.311 e. The lowest BCUT2D eigenvalue weighted by Gasteiger charge is -2.50. The standard InChI is InChI=1S/C58H93N3O14/c1-16-45-57(12,66)50(63)37(6)47(60-75-58(74-34(2)3)26-20-17-21-27-58)35(4)31-56(11,68-28-22-23-41-30-42-24-18-19-25-43(42)59-33-41)52(73-54-48(62)44(61(13)14)29-36(5)69-54)38(7)49(39(8)53(65)71-45)72-46-32-55(10,67-15)51(64)40(9)70-46/h18-19,22-25,30,33-40,44-46,48-52,54,62-64,66H,16-17,20-21,26-29,31-32H2,1-15H3/b23-22+,60-47?/t35-,36+,37-,38-,39+,40-,44-,45+,46?,48+,49-,50+,51-,52+,54?,55+,56-,57+/m0/s1. The summed E-state index contributed by atoms with van der Waals surface area (Å²) in [6.45, 7) is 22.1. The quantitative estimate of drug-likeness (QED) is 0.0758. The van der Waals surface area contributed by atoms with Crippen molar-refractivity contribution in [2.24, 2.45) is 28.8 Å². The first-order valence-electron chi connectivity index (χ1n) is 27.7. The fourth-order valence-electron chi connectivity index (χ4n) is 12.2. The summed E-state index contributed by atoms with van der Waals surface area (Å²) in [4.78, 5) is 28.2. The summed E-state index contributed by atoms with van der Waals surface area (Å²) in [5.41, 5.74) is -2.23. The van der Waals surface area contributed by atoms with Crippen LogP contribution >= 0.6 is 0 Å². The number of hydrogen-bond donors (Lipinski definition) is 4. The molecule has 2 unspecified atom stereocenters. The van der Waals surface area contributed by atoms with E-state index in [2.05, 4.69) is 11.1 Å². The second-order valence-electron chi connectivity index (χ2n) is 23.4. The Morgan fingerprint density at radius 3 is 2.27 bits per heavy atom. The van der Waals surface area contributed by atoms with E-state index in [1.54, 1.807) is 34.6 Å². The first-order chi connectivity index (χ1) is 35.3. The maximum atomic E-state index is 14.9. The number of carbonyl (C=O) groups is 1. The van der Waals surface area contributed by atoms with Gasteiger partial charge in [-0.25, -0.2) is 0 Å². The lowest BCUT2D eigenvalue weighted by atomic mass is 9.73. The highest BCUT2D eigenvalue weighted by molar-refractivity contribution is 5.89. The number of carbonyl (C=O) groups excluding carboxylic acids is 1. The van der Waals surface area contributed by atoms with Crippen molar-refractivity contribution in [3.63, 3.8) is 0 Å². The Balaban J connectivity index is 1.55. The summed E-state index contributed by atoms with van der Waals surface area (Å²) in [5.74, 6) is -4.97. The number of cyclic esters (lactones) is 1. The molecule has 2 aromatic rings. The molecule has 4 fully saturated rings. The Kier molecular flexibility index (Phi) is 21.0. The lowest BCUT2D eigenvalue weighted by Crippen LogP contribution is -2.61. The molecule has 0 spiro atoms. The number of aliphatic hydroxyl groups is 4. The van der Waals surface area contributed by atoms with E-state index in [0.717, 1.165) is 35.7 Å². The second-order valence-corrected chi connectivity index (χ2v) is 23.4. The lowest BCUT2D eigenvalue weighted by molar-refractivity contribution is -0.320. The molecule has 1 aromatic carbocycles. The topological polar surface area (TPSA) is 210 Å². The maximum Gasteiger partial charge on any atom is 0.311 e. The molecule has 17 nitrogen and oxygen atoms in total. The molecule has 1 aromatic heterocycles. The Morgan fingerprint density at radius 2 is 1.61 bits per heavy atom. The highest BCUT2D eigenvalue weighted by Gasteiger charge is 2.54. The zero-order valence-corrected chi connectivity index (χ0v) is 47.6. The van der Waals surface area contributed by atoms with Gasteiger partial charge in [0, 0.05) is 61.8 Å². The summed E-state index contributed by atoms with van der Waals surface area (Å²) < 4.78 is 53.2. The highest BCUT2D eigenvalue weighted by atomic mass is 16.8. The SMILES string of the molecule is CC[C@H]1OC(=O)[C@H](C)[C@@H](OC2C[C@@](C)(OC)[C@@H](O)[C@H](C)O2)[C@H](C)[C@@H](OC2O[C@H](C)C[C@H](N(C)C)[C@H]2O)[C@@](C)(OC/C=C/c2cnc3ccccc3c2)C[C@H](C)C(=NOC2(OC(C)C)CCCCC2)[C@H](C)[C@@H](O)[C@]1(C)O. The number of benzene rings is 1. The summed E-state index contributed by atoms with van der Waals surface area (Å²) in [7, 11) is 5.35. The van der Waals surface area contributed by atoms with Crippen molar-refractivity contribution in [3.8, 4) is 0 Å². The van der Waals surface area contributed by atoms with Gasteiger partial charge >= 0.3 is 5.97 Å². The molecule has 1 aliphatic carbocycles. The number of nitrogens with zero attached hydrogens (tertiary/aromatic N) is 3. The van der Waals surface area contributed by atoms with E-state index in [4.69, 9.17) is 47.9 Å². The maximum absolute atomic E-state index is 14.9. The van der Waals surface area contributed by atoms with Crippen LogP contribution in [-0.2, 0) is 47.5 Å². The van der Waals surface area contributed by atoms with Crippen molar-refractivity contribution in [1.29, 1.82) is 0 Å². The van der Waals surface area contributed by atoms with Gasteiger partial charge < -0.3 is 68.1 Å². The number of esters is 1. The number of aliphatic hydroxyl groups excluding tert-OH is 3. The number of rotatable bonds is 15. The molecule has 3 saturated heterocycles. The average Bonchev–Trinajstić information content (AvgIpc) is 3.36. The second kappa shape index (κ2) is 25.7. The van der Waals surface area contributed by atoms with E-state index >= 15 is 0 Å². The van der Waals surface area contributed by atoms with Gasteiger partial charge in [0.25, 0.3) is 0 Å². The van der Waals surface area contributed by atoms with E-state index in [1.807, 2.05) is 103 Å². The van der Waals surface area contributed by atoms with Crippen LogP contribution in [0.15, 0.2) is 47.8 Å². The molecule has 17 heteroatoms. The molecular weight excluding hydrogens is 963 g/mol. The van der Waals surface area contributed by atoms with Gasteiger partial charge in [0.1, 0.15) is 23.9 Å². The van der Waals surface area contributed by atoms with Crippen molar-refractivity contribution < 1.29 is 68.0 Å². The van der Waals surface area contributed by atoms with E-state index in [1.165, 1.54) is 14.0 Å². The van der Waals surface area contributed by atoms with Crippen molar-refractivity contribution in [3.05, 3.63) is 48.2 Å². The minimum absolute atomic E-state index is 0.0727. The van der Waals surface area contributed by atoms with Gasteiger partial charge in [-0.15, -0.1) is 0 Å². The van der Waals surface area contributed by atoms with Crippen LogP contribution < -0.4 is 0 Å². The van der Waals surface area contributed by atoms with Crippen molar-refractivity contribution in [1.82, 2.24) is 9.88 Å². The van der Waals surface area contributed by atoms with Gasteiger partial charge in [0.15, 0.2) is 12.6 Å². The minimum atomic E-state index is -1.98. The van der Waals surface area contributed by atoms with Gasteiger partial charge in [-0.05, 0) is 119 Å². The van der Waals surface area contributed by atoms with Crippen molar-refractivity contribution >= 4 is 28.7 Å². The first kappa shape index (κ1) is 61.0. The summed E-state index contributed by atoms with van der Waals surface area (Å²) in [6.07, 6.45) is 0.487. The number of hydrogen-bond acceptors (Lipinski definition) is 17. The molecule has 4 N–H and O–H groups in total. The summed E-state index contributed by atoms with van der Waals surface area (Å²) in [6, 6.07) is 9.64. The Bertz CT molecular complexity index is 2200. The number of ether oxygens (including phenoxy) is 8. The molecule has 4 heterocycles. The zero-order valence-electron chi connectivity index (χ0n) is 47.6. The molecule has 0 amide bonds. The molecule has 0 bridgehead atoms. The molecule has 6 rings (SSSR count). The van der Waals surface area contributed by atoms with Crippen LogP contribution in [0.2, 0.25) is 0 Å². The number of fused-ring (bicyclic) bond motifs is 1. The Labute approximate surface area is 446 Å². The highest BCUT2D eigenvalue weighted by Crippen LogP contribution is 2.43. The molecule has 75 heavy (non-hydrogen) atoms. The molecular formula is C58H93N3O14. The van der Waals surface area contributed by atoms with Crippen molar-refractivity contribution in [2.45, 2.75) is 237 Å². The first-order valence-corrected chi connectivity index (χ1v) is 27.7. The number of para-hydroxylation sites is 1. The van der Waals surface area contributed by atoms with Crippen LogP contribution in [0, 0.1) is 23.7 Å². The molecule has 4 aliphatic rings. The molecule has 0 radical (unpaired) electrons. The van der Waals surface area contributed by atoms with Gasteiger partial charge in [-0.1, -0.05) is 69.6 Å². The van der Waals surface area contributed by atoms with Gasteiger partial charge in [0.05, 0.1) is 71.6 Å². The monoisotopic (exact) mass is 1060 g/mol. The predicted molar refractivity (Wildman–Crippen MR) is 286 cm³/mol. The normalized spacial score (nSPS) is 40.3. The number of oxime groups is 1. The molecule has 3 aliphatic heterocycles. The van der Waals surface area contributed by atoms with Crippen LogP contribution in [-0.4, -0.2) is 166 Å². The number of methoxy groups -OCH3 is 1. The predicted octanol–water partition coefficient (Wildman–Crippen LogP) is 7.96. The molecule has 18 atom stereocenters. The van der Waals surface area contributed by atoms with E-state index in [0.29, 0.717) is 25.0 Å². The Hall–Kier alpha value is -3.17. The third-order valence-electron chi connectivity index (χ3n) is 16.7. The van der Waals surface area contributed by atoms with Crippen LogP contribution in [0.5, 0.6) is 0 Å². The van der Waals surface area contributed by atoms with Crippen LogP contribution in [0.3, 0.4) is 0 Å². The minimum Gasteiger partial charge on any atom is -0.459 e. The fourth-order valence-corrected chi connectivity index (χ4v) is 12.2. The third kappa shape index (κ3) is 14.4.